The van der Waals surface area contributed by atoms with Gasteiger partial charge in [0.15, 0.2) is 0 Å². The van der Waals surface area contributed by atoms with Crippen molar-refractivity contribution in [3.8, 4) is 0 Å². The molecule has 1 saturated carbocycles. The van der Waals surface area contributed by atoms with Gasteiger partial charge in [-0.1, -0.05) is 13.8 Å². The highest BCUT2D eigenvalue weighted by Gasteiger charge is 2.66. The standard InChI is InChI=1S/C17H28O5/c1-9(2)11-6-7-16(4)13(21-16)8-12(19)17(5)15(22-17)14(11)20-10(3)18/h9,11-15,19H,6-8H2,1-5H3/t11-,12+,13+,14+,15-,16+,17-/m0/s1. The van der Waals surface area contributed by atoms with E-state index in [1.54, 1.807) is 0 Å². The molecule has 0 bridgehead atoms. The molecular formula is C17H28O5. The van der Waals surface area contributed by atoms with Crippen LogP contribution in [0.25, 0.3) is 0 Å². The Kier molecular flexibility index (Phi) is 3.82. The second kappa shape index (κ2) is 5.18. The summed E-state index contributed by atoms with van der Waals surface area (Å²) in [6.07, 6.45) is 1.46. The van der Waals surface area contributed by atoms with Gasteiger partial charge in [0.2, 0.25) is 0 Å². The highest BCUT2D eigenvalue weighted by atomic mass is 16.7. The molecule has 1 aliphatic carbocycles. The molecule has 0 aromatic rings. The van der Waals surface area contributed by atoms with Gasteiger partial charge < -0.3 is 19.3 Å². The number of carbonyl (C=O) groups is 1. The normalized spacial score (nSPS) is 50.8. The van der Waals surface area contributed by atoms with Crippen LogP contribution in [-0.4, -0.2) is 46.7 Å². The lowest BCUT2D eigenvalue weighted by Gasteiger charge is -2.31. The van der Waals surface area contributed by atoms with E-state index in [2.05, 4.69) is 20.8 Å². The molecule has 0 amide bonds. The van der Waals surface area contributed by atoms with Crippen LogP contribution in [-0.2, 0) is 19.0 Å². The van der Waals surface area contributed by atoms with E-state index >= 15 is 0 Å². The molecule has 3 rings (SSSR count). The Balaban J connectivity index is 1.87. The summed E-state index contributed by atoms with van der Waals surface area (Å²) in [5, 5.41) is 10.5. The summed E-state index contributed by atoms with van der Waals surface area (Å²) >= 11 is 0. The number of esters is 1. The van der Waals surface area contributed by atoms with Crippen LogP contribution in [0.15, 0.2) is 0 Å². The van der Waals surface area contributed by atoms with E-state index in [9.17, 15) is 9.90 Å². The third-order valence-corrected chi connectivity index (χ3v) is 5.88. The summed E-state index contributed by atoms with van der Waals surface area (Å²) in [6, 6.07) is 0. The smallest absolute Gasteiger partial charge is 0.303 e. The monoisotopic (exact) mass is 312 g/mol. The van der Waals surface area contributed by atoms with Gasteiger partial charge in [-0.3, -0.25) is 4.79 Å². The summed E-state index contributed by atoms with van der Waals surface area (Å²) in [5.41, 5.74) is -0.773. The van der Waals surface area contributed by atoms with E-state index in [4.69, 9.17) is 14.2 Å². The molecule has 0 aromatic heterocycles. The summed E-state index contributed by atoms with van der Waals surface area (Å²) in [7, 11) is 0. The molecule has 3 aliphatic rings. The molecule has 126 valence electrons. The van der Waals surface area contributed by atoms with Crippen molar-refractivity contribution in [2.75, 3.05) is 0 Å². The Labute approximate surface area is 132 Å². The molecule has 1 N–H and O–H groups in total. The van der Waals surface area contributed by atoms with Crippen molar-refractivity contribution < 1.29 is 24.1 Å². The van der Waals surface area contributed by atoms with E-state index < -0.39 is 11.7 Å². The first kappa shape index (κ1) is 16.2. The van der Waals surface area contributed by atoms with Crippen LogP contribution in [0.1, 0.15) is 53.9 Å². The van der Waals surface area contributed by atoms with Gasteiger partial charge in [0.25, 0.3) is 0 Å². The van der Waals surface area contributed by atoms with E-state index in [-0.39, 0.29) is 35.8 Å². The van der Waals surface area contributed by atoms with Gasteiger partial charge in [-0.2, -0.15) is 0 Å². The van der Waals surface area contributed by atoms with Gasteiger partial charge >= 0.3 is 5.97 Å². The Morgan fingerprint density at radius 2 is 2.00 bits per heavy atom. The maximum absolute atomic E-state index is 11.6. The van der Waals surface area contributed by atoms with Gasteiger partial charge in [0.05, 0.1) is 17.8 Å². The fourth-order valence-electron chi connectivity index (χ4n) is 4.04. The second-order valence-electron chi connectivity index (χ2n) is 7.91. The number of carbonyl (C=O) groups excluding carboxylic acids is 1. The van der Waals surface area contributed by atoms with Crippen LogP contribution < -0.4 is 0 Å². The Bertz CT molecular complexity index is 464. The van der Waals surface area contributed by atoms with Crippen molar-refractivity contribution in [2.24, 2.45) is 11.8 Å². The van der Waals surface area contributed by atoms with Crippen LogP contribution in [0.5, 0.6) is 0 Å². The molecule has 5 nitrogen and oxygen atoms in total. The molecule has 2 saturated heterocycles. The molecule has 0 unspecified atom stereocenters. The van der Waals surface area contributed by atoms with Gasteiger partial charge in [0, 0.05) is 19.3 Å². The maximum Gasteiger partial charge on any atom is 0.303 e. The SMILES string of the molecule is CC(=O)O[C@@H]1[C@H](C(C)C)CC[C@@]2(C)O[C@@H]2C[C@@H](O)[C@]2(C)O[C@@H]12. The zero-order chi connectivity index (χ0) is 16.3. The number of ether oxygens (including phenoxy) is 3. The van der Waals surface area contributed by atoms with Crippen molar-refractivity contribution in [3.05, 3.63) is 0 Å². The summed E-state index contributed by atoms with van der Waals surface area (Å²) in [6.45, 7) is 9.76. The fourth-order valence-corrected chi connectivity index (χ4v) is 4.04. The molecule has 2 aliphatic heterocycles. The largest absolute Gasteiger partial charge is 0.459 e. The predicted molar refractivity (Wildman–Crippen MR) is 80.3 cm³/mol. The van der Waals surface area contributed by atoms with Crippen molar-refractivity contribution in [3.63, 3.8) is 0 Å². The molecule has 7 atom stereocenters. The van der Waals surface area contributed by atoms with Crippen molar-refractivity contribution in [2.45, 2.75) is 89.5 Å². The average molecular weight is 312 g/mol. The summed E-state index contributed by atoms with van der Waals surface area (Å²) in [4.78, 5) is 11.6. The number of epoxide rings is 2. The maximum atomic E-state index is 11.6. The molecule has 5 heteroatoms. The molecule has 0 aromatic carbocycles. The summed E-state index contributed by atoms with van der Waals surface area (Å²) < 4.78 is 17.3. The number of hydrogen-bond donors (Lipinski definition) is 1. The topological polar surface area (TPSA) is 71.6 Å². The van der Waals surface area contributed by atoms with Crippen molar-refractivity contribution in [1.82, 2.24) is 0 Å². The molecule has 2 heterocycles. The predicted octanol–water partition coefficient (Wildman–Crippen LogP) is 2.05. The van der Waals surface area contributed by atoms with Crippen LogP contribution >= 0.6 is 0 Å². The zero-order valence-corrected chi connectivity index (χ0v) is 14.2. The highest BCUT2D eigenvalue weighted by Crippen LogP contribution is 2.53. The minimum atomic E-state index is -0.628. The molecular weight excluding hydrogens is 284 g/mol. The van der Waals surface area contributed by atoms with Gasteiger partial charge in [0.1, 0.15) is 17.8 Å². The molecule has 3 fully saturated rings. The highest BCUT2D eigenvalue weighted by molar-refractivity contribution is 5.66. The Morgan fingerprint density at radius 3 is 2.59 bits per heavy atom. The molecule has 22 heavy (non-hydrogen) atoms. The first-order chi connectivity index (χ1) is 10.2. The van der Waals surface area contributed by atoms with E-state index in [0.717, 1.165) is 12.8 Å². The number of fused-ring (bicyclic) bond motifs is 2. The average Bonchev–Trinajstić information content (AvgIpc) is 3.25. The zero-order valence-electron chi connectivity index (χ0n) is 14.2. The fraction of sp³-hybridized carbons (Fsp3) is 0.941. The molecule has 0 radical (unpaired) electrons. The number of aliphatic hydroxyl groups excluding tert-OH is 1. The number of aliphatic hydroxyl groups is 1. The molecule has 0 spiro atoms. The lowest BCUT2D eigenvalue weighted by atomic mass is 9.77. The van der Waals surface area contributed by atoms with E-state index in [0.29, 0.717) is 12.3 Å². The first-order valence-corrected chi connectivity index (χ1v) is 8.38. The lowest BCUT2D eigenvalue weighted by molar-refractivity contribution is -0.151. The number of hydrogen-bond acceptors (Lipinski definition) is 5. The first-order valence-electron chi connectivity index (χ1n) is 8.38. The third-order valence-electron chi connectivity index (χ3n) is 5.88. The van der Waals surface area contributed by atoms with Crippen molar-refractivity contribution >= 4 is 5.97 Å². The van der Waals surface area contributed by atoms with E-state index in [1.807, 2.05) is 6.92 Å². The minimum Gasteiger partial charge on any atom is -0.459 e. The van der Waals surface area contributed by atoms with Crippen LogP contribution in [0.2, 0.25) is 0 Å². The third kappa shape index (κ3) is 2.68. The van der Waals surface area contributed by atoms with Gasteiger partial charge in [-0.15, -0.1) is 0 Å². The Hall–Kier alpha value is -0.650. The van der Waals surface area contributed by atoms with E-state index in [1.165, 1.54) is 6.92 Å². The lowest BCUT2D eigenvalue weighted by Crippen LogP contribution is -2.42. The van der Waals surface area contributed by atoms with Crippen LogP contribution in [0.3, 0.4) is 0 Å². The number of rotatable bonds is 2. The van der Waals surface area contributed by atoms with Crippen LogP contribution in [0.4, 0.5) is 0 Å². The van der Waals surface area contributed by atoms with Crippen LogP contribution in [0, 0.1) is 11.8 Å². The van der Waals surface area contributed by atoms with Gasteiger partial charge in [-0.25, -0.2) is 0 Å². The Morgan fingerprint density at radius 1 is 1.32 bits per heavy atom. The van der Waals surface area contributed by atoms with Crippen molar-refractivity contribution in [1.29, 1.82) is 0 Å². The quantitative estimate of drug-likeness (QED) is 0.624. The second-order valence-corrected chi connectivity index (χ2v) is 7.91. The minimum absolute atomic E-state index is 0.113. The summed E-state index contributed by atoms with van der Waals surface area (Å²) in [5.74, 6) is 0.296. The van der Waals surface area contributed by atoms with Gasteiger partial charge in [-0.05, 0) is 32.6 Å².